The molecule has 2 aliphatic rings. The number of esters is 1. The van der Waals surface area contributed by atoms with Crippen LogP contribution >= 0.6 is 0 Å². The second kappa shape index (κ2) is 15.6. The molecule has 0 amide bonds. The summed E-state index contributed by atoms with van der Waals surface area (Å²) in [6, 6.07) is 11.3. The SMILES string of the molecule is O=C(/C=C/c1ccc(O)cc1)OCC1OC(OC2C(c3c(O)cc4oc(-c5ccc(O)c(O)c5)cc(=O)c4c3O)OC(CO)C(O)C2O)C(O)C(O)C1O. The molecule has 11 N–H and O–H groups in total. The first kappa shape index (κ1) is 38.4. The number of ether oxygens (including phenoxy) is 4. The molecular weight excluding hydrogens is 720 g/mol. The van der Waals surface area contributed by atoms with Crippen LogP contribution in [0.3, 0.4) is 0 Å². The Morgan fingerprint density at radius 1 is 0.759 bits per heavy atom. The van der Waals surface area contributed by atoms with Gasteiger partial charge in [-0.15, -0.1) is 0 Å². The summed E-state index contributed by atoms with van der Waals surface area (Å²) in [4.78, 5) is 25.7. The molecule has 3 heterocycles. The molecule has 2 saturated heterocycles. The molecule has 288 valence electrons. The molecule has 1 aromatic heterocycles. The predicted molar refractivity (Wildman–Crippen MR) is 181 cm³/mol. The van der Waals surface area contributed by atoms with Crippen LogP contribution in [0.25, 0.3) is 28.4 Å². The second-order valence-corrected chi connectivity index (χ2v) is 12.6. The van der Waals surface area contributed by atoms with Crippen molar-refractivity contribution in [1.82, 2.24) is 0 Å². The van der Waals surface area contributed by atoms with Crippen molar-refractivity contribution in [3.63, 3.8) is 0 Å². The number of hydrogen-bond acceptors (Lipinski definition) is 18. The molecule has 6 rings (SSSR count). The van der Waals surface area contributed by atoms with Gasteiger partial charge in [0.2, 0.25) is 0 Å². The van der Waals surface area contributed by atoms with Crippen LogP contribution in [-0.2, 0) is 23.7 Å². The molecule has 0 radical (unpaired) electrons. The van der Waals surface area contributed by atoms with E-state index in [2.05, 4.69) is 0 Å². The van der Waals surface area contributed by atoms with Crippen LogP contribution in [0, 0.1) is 0 Å². The third-order valence-corrected chi connectivity index (χ3v) is 9.08. The minimum atomic E-state index is -2.04. The number of rotatable bonds is 9. The molecule has 0 aliphatic carbocycles. The van der Waals surface area contributed by atoms with Crippen LogP contribution in [0.5, 0.6) is 28.7 Å². The van der Waals surface area contributed by atoms with Gasteiger partial charge in [-0.25, -0.2) is 4.79 Å². The van der Waals surface area contributed by atoms with Gasteiger partial charge in [0.05, 0.1) is 12.2 Å². The first-order valence-electron chi connectivity index (χ1n) is 16.3. The van der Waals surface area contributed by atoms with E-state index in [9.17, 15) is 65.8 Å². The number of phenols is 5. The lowest BCUT2D eigenvalue weighted by Crippen LogP contribution is -2.63. The third-order valence-electron chi connectivity index (χ3n) is 9.08. The van der Waals surface area contributed by atoms with Gasteiger partial charge in [0, 0.05) is 23.8 Å². The Kier molecular flexibility index (Phi) is 11.1. The highest BCUT2D eigenvalue weighted by molar-refractivity contribution is 5.88. The summed E-state index contributed by atoms with van der Waals surface area (Å²) in [6.45, 7) is -1.57. The zero-order chi connectivity index (χ0) is 39.0. The number of carbonyl (C=O) groups is 1. The first-order valence-corrected chi connectivity index (χ1v) is 16.3. The monoisotopic (exact) mass is 756 g/mol. The van der Waals surface area contributed by atoms with Gasteiger partial charge in [-0.3, -0.25) is 4.79 Å². The average molecular weight is 757 g/mol. The molecular formula is C36H36O18. The summed E-state index contributed by atoms with van der Waals surface area (Å²) in [5, 5.41) is 115. The van der Waals surface area contributed by atoms with Crippen LogP contribution in [-0.4, -0.2) is 130 Å². The van der Waals surface area contributed by atoms with Crippen molar-refractivity contribution in [2.75, 3.05) is 13.2 Å². The number of phenolic OH excluding ortho intramolecular Hbond substituents is 5. The molecule has 54 heavy (non-hydrogen) atoms. The molecule has 0 saturated carbocycles. The van der Waals surface area contributed by atoms with Crippen molar-refractivity contribution < 1.29 is 84.3 Å². The van der Waals surface area contributed by atoms with E-state index < -0.39 is 120 Å². The zero-order valence-electron chi connectivity index (χ0n) is 27.8. The minimum absolute atomic E-state index is 0.0138. The van der Waals surface area contributed by atoms with Gasteiger partial charge in [0.15, 0.2) is 23.2 Å². The molecule has 10 atom stereocenters. The van der Waals surface area contributed by atoms with Crippen molar-refractivity contribution >= 4 is 23.0 Å². The normalized spacial score (nSPS) is 28.7. The first-order chi connectivity index (χ1) is 25.7. The van der Waals surface area contributed by atoms with E-state index in [0.29, 0.717) is 5.56 Å². The van der Waals surface area contributed by atoms with E-state index in [4.69, 9.17) is 23.4 Å². The lowest BCUT2D eigenvalue weighted by atomic mass is 9.89. The topological polar surface area (TPSA) is 307 Å². The van der Waals surface area contributed by atoms with E-state index in [1.807, 2.05) is 0 Å². The van der Waals surface area contributed by atoms with Gasteiger partial charge in [-0.1, -0.05) is 12.1 Å². The highest BCUT2D eigenvalue weighted by Crippen LogP contribution is 2.46. The van der Waals surface area contributed by atoms with Gasteiger partial charge in [-0.05, 0) is 42.0 Å². The Hall–Kier alpha value is -5.28. The van der Waals surface area contributed by atoms with E-state index in [0.717, 1.165) is 30.3 Å². The van der Waals surface area contributed by atoms with Crippen LogP contribution in [0.4, 0.5) is 0 Å². The summed E-state index contributed by atoms with van der Waals surface area (Å²) < 4.78 is 28.0. The summed E-state index contributed by atoms with van der Waals surface area (Å²) in [5.41, 5.74) is -1.10. The van der Waals surface area contributed by atoms with Gasteiger partial charge < -0.3 is 79.5 Å². The van der Waals surface area contributed by atoms with Crippen molar-refractivity contribution in [2.24, 2.45) is 0 Å². The molecule has 2 fully saturated rings. The fourth-order valence-electron chi connectivity index (χ4n) is 6.16. The number of aromatic hydroxyl groups is 5. The summed E-state index contributed by atoms with van der Waals surface area (Å²) in [6.07, 6.45) is -16.1. The zero-order valence-corrected chi connectivity index (χ0v) is 27.8. The Morgan fingerprint density at radius 3 is 2.15 bits per heavy atom. The number of benzene rings is 3. The fourth-order valence-corrected chi connectivity index (χ4v) is 6.16. The Morgan fingerprint density at radius 2 is 1.46 bits per heavy atom. The van der Waals surface area contributed by atoms with Gasteiger partial charge in [0.1, 0.15) is 95.5 Å². The maximum absolute atomic E-state index is 13.3. The molecule has 18 nitrogen and oxygen atoms in total. The second-order valence-electron chi connectivity index (χ2n) is 12.6. The molecule has 0 bridgehead atoms. The van der Waals surface area contributed by atoms with Crippen LogP contribution < -0.4 is 5.43 Å². The number of hydrogen-bond donors (Lipinski definition) is 11. The summed E-state index contributed by atoms with van der Waals surface area (Å²) in [5.74, 6) is -3.68. The third kappa shape index (κ3) is 7.55. The van der Waals surface area contributed by atoms with Crippen LogP contribution in [0.2, 0.25) is 0 Å². The molecule has 10 unspecified atom stereocenters. The van der Waals surface area contributed by atoms with Gasteiger partial charge >= 0.3 is 5.97 Å². The highest BCUT2D eigenvalue weighted by atomic mass is 16.7. The number of aliphatic hydroxyl groups excluding tert-OH is 6. The molecule has 0 spiro atoms. The Labute approximate surface area is 303 Å². The summed E-state index contributed by atoms with van der Waals surface area (Å²) in [7, 11) is 0. The van der Waals surface area contributed by atoms with Gasteiger partial charge in [0.25, 0.3) is 0 Å². The number of carbonyl (C=O) groups excluding carboxylic acids is 1. The van der Waals surface area contributed by atoms with Crippen molar-refractivity contribution in [3.8, 4) is 40.1 Å². The maximum Gasteiger partial charge on any atom is 0.330 e. The summed E-state index contributed by atoms with van der Waals surface area (Å²) >= 11 is 0. The number of fused-ring (bicyclic) bond motifs is 1. The van der Waals surface area contributed by atoms with Crippen molar-refractivity contribution in [2.45, 2.75) is 61.2 Å². The van der Waals surface area contributed by atoms with Crippen LogP contribution in [0.15, 0.2) is 69.9 Å². The maximum atomic E-state index is 13.3. The van der Waals surface area contributed by atoms with E-state index >= 15 is 0 Å². The van der Waals surface area contributed by atoms with Gasteiger partial charge in [-0.2, -0.15) is 0 Å². The Bertz CT molecular complexity index is 2080. The lowest BCUT2D eigenvalue weighted by Gasteiger charge is -2.46. The van der Waals surface area contributed by atoms with E-state index in [1.54, 1.807) is 0 Å². The predicted octanol–water partition coefficient (Wildman–Crippen LogP) is -0.409. The number of aliphatic hydroxyl groups is 6. The molecule has 18 heteroatoms. The van der Waals surface area contributed by atoms with Crippen molar-refractivity contribution in [1.29, 1.82) is 0 Å². The van der Waals surface area contributed by atoms with E-state index in [1.165, 1.54) is 36.4 Å². The Balaban J connectivity index is 1.28. The molecule has 4 aromatic rings. The quantitative estimate of drug-likeness (QED) is 0.0588. The molecule has 2 aliphatic heterocycles. The lowest BCUT2D eigenvalue weighted by molar-refractivity contribution is -0.342. The largest absolute Gasteiger partial charge is 0.508 e. The van der Waals surface area contributed by atoms with E-state index in [-0.39, 0.29) is 22.7 Å². The highest BCUT2D eigenvalue weighted by Gasteiger charge is 2.52. The smallest absolute Gasteiger partial charge is 0.330 e. The minimum Gasteiger partial charge on any atom is -0.508 e. The standard InChI is InChI=1S/C36H36O18/c37-12-23-28(44)32(48)35(54-36-33(49)31(47)29(45)24(53-36)13-50-25(43)8-3-14-1-5-16(38)6-2-14)34(52-23)27-20(42)11-22-26(30(27)46)19(41)10-21(51-22)15-4-7-17(39)18(40)9-15/h1-11,23-24,28-29,31-40,42,44-49H,12-13H2/b8-3+. The van der Waals surface area contributed by atoms with Crippen LogP contribution in [0.1, 0.15) is 17.2 Å². The fraction of sp³-hybridized carbons (Fsp3) is 0.333. The average Bonchev–Trinajstić information content (AvgIpc) is 3.14. The molecule has 3 aromatic carbocycles. The van der Waals surface area contributed by atoms with Crippen molar-refractivity contribution in [3.05, 3.63) is 82.0 Å².